The van der Waals surface area contributed by atoms with Crippen LogP contribution in [0.2, 0.25) is 0 Å². The van der Waals surface area contributed by atoms with Crippen LogP contribution in [0.5, 0.6) is 17.2 Å². The van der Waals surface area contributed by atoms with Crippen LogP contribution in [0.1, 0.15) is 36.6 Å². The number of rotatable bonds is 7. The Morgan fingerprint density at radius 2 is 1.37 bits per heavy atom. The summed E-state index contributed by atoms with van der Waals surface area (Å²) < 4.78 is 10.5. The van der Waals surface area contributed by atoms with Gasteiger partial charge >= 0.3 is 11.9 Å². The van der Waals surface area contributed by atoms with Crippen molar-refractivity contribution in [1.82, 2.24) is 0 Å². The number of esters is 2. The highest BCUT2D eigenvalue weighted by Crippen LogP contribution is 2.21. The van der Waals surface area contributed by atoms with Gasteiger partial charge < -0.3 is 19.7 Å². The lowest BCUT2D eigenvalue weighted by molar-refractivity contribution is 0.0508. The normalized spacial score (nSPS) is 10.3. The van der Waals surface area contributed by atoms with Gasteiger partial charge in [-0.2, -0.15) is 0 Å². The van der Waals surface area contributed by atoms with E-state index in [9.17, 15) is 24.6 Å². The zero-order valence-electron chi connectivity index (χ0n) is 15.8. The number of hydrogen-bond acceptors (Lipinski definition) is 7. The molecular formula is C23H18O7. The average molecular weight is 406 g/mol. The van der Waals surface area contributed by atoms with Crippen LogP contribution < -0.4 is 4.74 Å². The monoisotopic (exact) mass is 406 g/mol. The van der Waals surface area contributed by atoms with Gasteiger partial charge in [-0.15, -0.1) is 0 Å². The zero-order chi connectivity index (χ0) is 21.5. The predicted octanol–water partition coefficient (Wildman–Crippen LogP) is 3.53. The van der Waals surface area contributed by atoms with Crippen LogP contribution in [0.15, 0.2) is 66.7 Å². The standard InChI is InChI=1S/C23H18O7/c24-14-18-13-15(11-12-29-22(27)16-2-6-19(25)7-3-16)1-10-21(18)30-23(28)17-4-8-20(26)9-5-17/h1-10,13-14,25-26H,11-12H2. The van der Waals surface area contributed by atoms with Crippen LogP contribution in [0.25, 0.3) is 0 Å². The Morgan fingerprint density at radius 1 is 0.800 bits per heavy atom. The van der Waals surface area contributed by atoms with E-state index in [0.717, 1.165) is 5.56 Å². The fourth-order valence-electron chi connectivity index (χ4n) is 2.64. The molecule has 0 unspecified atom stereocenters. The first-order chi connectivity index (χ1) is 14.5. The quantitative estimate of drug-likeness (QED) is 0.351. The summed E-state index contributed by atoms with van der Waals surface area (Å²) in [4.78, 5) is 35.6. The van der Waals surface area contributed by atoms with E-state index in [4.69, 9.17) is 9.47 Å². The highest BCUT2D eigenvalue weighted by Gasteiger charge is 2.13. The van der Waals surface area contributed by atoms with E-state index >= 15 is 0 Å². The second-order valence-corrected chi connectivity index (χ2v) is 6.36. The number of benzene rings is 3. The lowest BCUT2D eigenvalue weighted by atomic mass is 10.1. The molecule has 0 saturated carbocycles. The van der Waals surface area contributed by atoms with Gasteiger partial charge in [0, 0.05) is 6.42 Å². The van der Waals surface area contributed by atoms with Crippen LogP contribution in [0.3, 0.4) is 0 Å². The van der Waals surface area contributed by atoms with Crippen molar-refractivity contribution in [2.75, 3.05) is 6.61 Å². The number of carbonyl (C=O) groups excluding carboxylic acids is 3. The average Bonchev–Trinajstić information content (AvgIpc) is 2.75. The first-order valence-electron chi connectivity index (χ1n) is 9.02. The lowest BCUT2D eigenvalue weighted by Crippen LogP contribution is -2.10. The van der Waals surface area contributed by atoms with Gasteiger partial charge in [0.25, 0.3) is 0 Å². The minimum Gasteiger partial charge on any atom is -0.508 e. The number of hydrogen-bond donors (Lipinski definition) is 2. The Morgan fingerprint density at radius 3 is 1.93 bits per heavy atom. The van der Waals surface area contributed by atoms with Crippen LogP contribution in [-0.4, -0.2) is 35.0 Å². The molecule has 0 aliphatic carbocycles. The molecule has 0 atom stereocenters. The molecule has 7 nitrogen and oxygen atoms in total. The summed E-state index contributed by atoms with van der Waals surface area (Å²) in [6.07, 6.45) is 0.933. The molecule has 2 N–H and O–H groups in total. The van der Waals surface area contributed by atoms with E-state index in [2.05, 4.69) is 0 Å². The summed E-state index contributed by atoms with van der Waals surface area (Å²) >= 11 is 0. The van der Waals surface area contributed by atoms with Crippen LogP contribution in [0, 0.1) is 0 Å². The van der Waals surface area contributed by atoms with Crippen molar-refractivity contribution in [2.24, 2.45) is 0 Å². The fraction of sp³-hybridized carbons (Fsp3) is 0.0870. The second kappa shape index (κ2) is 9.38. The molecule has 0 radical (unpaired) electrons. The Hall–Kier alpha value is -4.13. The summed E-state index contributed by atoms with van der Waals surface area (Å²) in [7, 11) is 0. The Labute approximate surface area is 172 Å². The topological polar surface area (TPSA) is 110 Å². The van der Waals surface area contributed by atoms with E-state index < -0.39 is 11.9 Å². The first kappa shape index (κ1) is 20.6. The molecule has 0 bridgehead atoms. The fourth-order valence-corrected chi connectivity index (χ4v) is 2.64. The number of aldehydes is 1. The van der Waals surface area contributed by atoms with Gasteiger partial charge in [-0.3, -0.25) is 4.79 Å². The van der Waals surface area contributed by atoms with Gasteiger partial charge in [-0.25, -0.2) is 9.59 Å². The Bertz CT molecular complexity index is 1050. The largest absolute Gasteiger partial charge is 0.508 e. The zero-order valence-corrected chi connectivity index (χ0v) is 15.8. The summed E-state index contributed by atoms with van der Waals surface area (Å²) in [5.41, 5.74) is 1.46. The molecule has 0 heterocycles. The molecule has 0 aliphatic heterocycles. The smallest absolute Gasteiger partial charge is 0.343 e. The molecule has 7 heteroatoms. The molecule has 152 valence electrons. The summed E-state index contributed by atoms with van der Waals surface area (Å²) in [5.74, 6) is -0.999. The lowest BCUT2D eigenvalue weighted by Gasteiger charge is -2.09. The molecule has 0 amide bonds. The van der Waals surface area contributed by atoms with Gasteiger partial charge in [0.2, 0.25) is 0 Å². The van der Waals surface area contributed by atoms with Crippen molar-refractivity contribution in [3.63, 3.8) is 0 Å². The minimum absolute atomic E-state index is 0.0237. The number of phenols is 2. The second-order valence-electron chi connectivity index (χ2n) is 6.36. The third-order valence-electron chi connectivity index (χ3n) is 4.23. The van der Waals surface area contributed by atoms with Crippen molar-refractivity contribution in [1.29, 1.82) is 0 Å². The molecule has 30 heavy (non-hydrogen) atoms. The summed E-state index contributed by atoms with van der Waals surface area (Å²) in [6, 6.07) is 16.0. The van der Waals surface area contributed by atoms with Crippen molar-refractivity contribution in [3.8, 4) is 17.2 Å². The molecule has 0 spiro atoms. The maximum atomic E-state index is 12.2. The van der Waals surface area contributed by atoms with E-state index in [0.29, 0.717) is 18.3 Å². The van der Waals surface area contributed by atoms with Crippen molar-refractivity contribution < 1.29 is 34.1 Å². The van der Waals surface area contributed by atoms with Crippen molar-refractivity contribution in [3.05, 3.63) is 89.0 Å². The Kier molecular flexibility index (Phi) is 6.44. The molecular weight excluding hydrogens is 388 g/mol. The highest BCUT2D eigenvalue weighted by atomic mass is 16.5. The van der Waals surface area contributed by atoms with Crippen molar-refractivity contribution in [2.45, 2.75) is 6.42 Å². The van der Waals surface area contributed by atoms with E-state index in [-0.39, 0.29) is 35.0 Å². The van der Waals surface area contributed by atoms with Crippen molar-refractivity contribution >= 4 is 18.2 Å². The van der Waals surface area contributed by atoms with E-state index in [1.54, 1.807) is 12.1 Å². The SMILES string of the molecule is O=Cc1cc(CCOC(=O)c2ccc(O)cc2)ccc1OC(=O)c1ccc(O)cc1. The molecule has 0 aliphatic rings. The third kappa shape index (κ3) is 5.23. The maximum absolute atomic E-state index is 12.2. The summed E-state index contributed by atoms with van der Waals surface area (Å²) in [5, 5.41) is 18.5. The van der Waals surface area contributed by atoms with Gasteiger partial charge in [-0.05, 0) is 66.2 Å². The van der Waals surface area contributed by atoms with Crippen LogP contribution >= 0.6 is 0 Å². The van der Waals surface area contributed by atoms with E-state index in [1.807, 2.05) is 0 Å². The predicted molar refractivity (Wildman–Crippen MR) is 107 cm³/mol. The van der Waals surface area contributed by atoms with Gasteiger partial charge in [0.15, 0.2) is 6.29 Å². The molecule has 3 rings (SSSR count). The summed E-state index contributed by atoms with van der Waals surface area (Å²) in [6.45, 7) is 0.0879. The molecule has 3 aromatic carbocycles. The Balaban J connectivity index is 1.60. The molecule has 3 aromatic rings. The van der Waals surface area contributed by atoms with E-state index in [1.165, 1.54) is 54.6 Å². The number of ether oxygens (including phenoxy) is 2. The number of phenolic OH excluding ortho intramolecular Hbond substituents is 2. The molecule has 0 fully saturated rings. The molecule has 0 saturated heterocycles. The first-order valence-corrected chi connectivity index (χ1v) is 9.02. The van der Waals surface area contributed by atoms with Gasteiger partial charge in [0.05, 0.1) is 23.3 Å². The molecule has 0 aromatic heterocycles. The van der Waals surface area contributed by atoms with Crippen LogP contribution in [-0.2, 0) is 11.2 Å². The van der Waals surface area contributed by atoms with Gasteiger partial charge in [0.1, 0.15) is 17.2 Å². The number of aromatic hydroxyl groups is 2. The van der Waals surface area contributed by atoms with Crippen LogP contribution in [0.4, 0.5) is 0 Å². The third-order valence-corrected chi connectivity index (χ3v) is 4.23. The number of carbonyl (C=O) groups is 3. The maximum Gasteiger partial charge on any atom is 0.343 e. The minimum atomic E-state index is -0.659. The van der Waals surface area contributed by atoms with Gasteiger partial charge in [-0.1, -0.05) is 6.07 Å². The highest BCUT2D eigenvalue weighted by molar-refractivity contribution is 5.92.